The Morgan fingerprint density at radius 1 is 1.59 bits per heavy atom. The summed E-state index contributed by atoms with van der Waals surface area (Å²) in [6.45, 7) is 2.54. The van der Waals surface area contributed by atoms with Gasteiger partial charge in [0.05, 0.1) is 12.8 Å². The van der Waals surface area contributed by atoms with E-state index in [0.717, 1.165) is 0 Å². The van der Waals surface area contributed by atoms with Crippen LogP contribution in [-0.2, 0) is 16.9 Å². The van der Waals surface area contributed by atoms with Crippen molar-refractivity contribution in [1.29, 1.82) is 0 Å². The molecule has 0 aromatic carbocycles. The number of nitrogens with one attached hydrogen (secondary N) is 1. The third kappa shape index (κ3) is 2.04. The maximum Gasteiger partial charge on any atom is 0.423 e. The molecule has 0 bridgehead atoms. The van der Waals surface area contributed by atoms with E-state index in [-0.39, 0.29) is 18.7 Å². The van der Waals surface area contributed by atoms with Gasteiger partial charge in [-0.05, 0) is 6.92 Å². The summed E-state index contributed by atoms with van der Waals surface area (Å²) in [5, 5.41) is 6.60. The lowest BCUT2D eigenvalue weighted by Gasteiger charge is -2.38. The fourth-order valence-electron chi connectivity index (χ4n) is 1.89. The molecule has 17 heavy (non-hydrogen) atoms. The Labute approximate surface area is 96.7 Å². The molecule has 1 atom stereocenters. The highest BCUT2D eigenvalue weighted by Crippen LogP contribution is 2.42. The van der Waals surface area contributed by atoms with Crippen LogP contribution in [0.1, 0.15) is 12.5 Å². The van der Waals surface area contributed by atoms with Crippen molar-refractivity contribution in [3.63, 3.8) is 0 Å². The lowest BCUT2D eigenvalue weighted by molar-refractivity contribution is -0.290. The van der Waals surface area contributed by atoms with Crippen LogP contribution in [0.2, 0.25) is 0 Å². The van der Waals surface area contributed by atoms with Crippen LogP contribution >= 0.6 is 0 Å². The van der Waals surface area contributed by atoms with Gasteiger partial charge in [-0.25, -0.2) is 0 Å². The molecule has 2 rings (SSSR count). The average Bonchev–Trinajstić information content (AvgIpc) is 2.77. The molecule has 4 nitrogen and oxygen atoms in total. The van der Waals surface area contributed by atoms with Crippen LogP contribution in [0.15, 0.2) is 12.4 Å². The fraction of sp³-hybridized carbons (Fsp3) is 0.700. The van der Waals surface area contributed by atoms with E-state index in [9.17, 15) is 13.2 Å². The van der Waals surface area contributed by atoms with Crippen LogP contribution in [0.3, 0.4) is 0 Å². The molecule has 1 saturated heterocycles. The number of hydrogen-bond acceptors (Lipinski definition) is 3. The molecule has 2 heterocycles. The van der Waals surface area contributed by atoms with Gasteiger partial charge >= 0.3 is 6.18 Å². The number of ether oxygens (including phenoxy) is 1. The second-order valence-corrected chi connectivity index (χ2v) is 3.93. The van der Waals surface area contributed by atoms with Crippen LogP contribution in [0.5, 0.6) is 0 Å². The first-order valence-corrected chi connectivity index (χ1v) is 5.44. The Kier molecular flexibility index (Phi) is 3.13. The van der Waals surface area contributed by atoms with E-state index in [4.69, 9.17) is 4.74 Å². The largest absolute Gasteiger partial charge is 0.423 e. The molecule has 0 saturated carbocycles. The number of aryl methyl sites for hydroxylation is 1. The molecule has 1 fully saturated rings. The fourth-order valence-corrected chi connectivity index (χ4v) is 1.89. The van der Waals surface area contributed by atoms with Gasteiger partial charge in [0, 0.05) is 31.4 Å². The van der Waals surface area contributed by atoms with Crippen LogP contribution < -0.4 is 5.32 Å². The lowest BCUT2D eigenvalue weighted by atomic mass is 9.94. The van der Waals surface area contributed by atoms with Gasteiger partial charge in [-0.3, -0.25) is 4.68 Å². The van der Waals surface area contributed by atoms with Crippen LogP contribution in [0, 0.1) is 0 Å². The molecule has 0 radical (unpaired) electrons. The van der Waals surface area contributed by atoms with Crippen molar-refractivity contribution in [3.05, 3.63) is 18.0 Å². The second-order valence-electron chi connectivity index (χ2n) is 3.93. The number of aromatic nitrogens is 2. The number of rotatable bonds is 2. The van der Waals surface area contributed by atoms with Crippen molar-refractivity contribution >= 4 is 0 Å². The Hall–Kier alpha value is -1.08. The number of morpholine rings is 1. The second kappa shape index (κ2) is 4.30. The summed E-state index contributed by atoms with van der Waals surface area (Å²) in [4.78, 5) is 0. The van der Waals surface area contributed by atoms with Crippen molar-refractivity contribution in [1.82, 2.24) is 15.1 Å². The predicted molar refractivity (Wildman–Crippen MR) is 54.5 cm³/mol. The normalized spacial score (nSPS) is 26.1. The minimum Gasteiger partial charge on any atom is -0.358 e. The molecule has 1 aliphatic heterocycles. The first-order valence-electron chi connectivity index (χ1n) is 5.44. The van der Waals surface area contributed by atoms with E-state index in [1.54, 1.807) is 0 Å². The monoisotopic (exact) mass is 249 g/mol. The molecule has 1 aromatic heterocycles. The first-order chi connectivity index (χ1) is 7.99. The number of alkyl halides is 3. The molecule has 1 aromatic rings. The van der Waals surface area contributed by atoms with Gasteiger partial charge in [0.1, 0.15) is 0 Å². The SMILES string of the molecule is CCn1cc(C2(C(F)(F)F)CNCCO2)cn1. The Bertz CT molecular complexity index is 382. The minimum absolute atomic E-state index is 0.0385. The van der Waals surface area contributed by atoms with Gasteiger partial charge in [0.15, 0.2) is 0 Å². The lowest BCUT2D eigenvalue weighted by Crippen LogP contribution is -2.56. The molecule has 7 heteroatoms. The quantitative estimate of drug-likeness (QED) is 0.858. The minimum atomic E-state index is -4.46. The van der Waals surface area contributed by atoms with E-state index in [1.807, 2.05) is 6.92 Å². The highest BCUT2D eigenvalue weighted by molar-refractivity contribution is 5.20. The van der Waals surface area contributed by atoms with Gasteiger partial charge in [-0.15, -0.1) is 0 Å². The van der Waals surface area contributed by atoms with Crippen molar-refractivity contribution in [3.8, 4) is 0 Å². The van der Waals surface area contributed by atoms with Gasteiger partial charge in [-0.2, -0.15) is 18.3 Å². The topological polar surface area (TPSA) is 39.1 Å². The smallest absolute Gasteiger partial charge is 0.358 e. The van der Waals surface area contributed by atoms with Gasteiger partial charge in [0.2, 0.25) is 5.60 Å². The van der Waals surface area contributed by atoms with E-state index < -0.39 is 11.8 Å². The van der Waals surface area contributed by atoms with Crippen molar-refractivity contribution in [2.75, 3.05) is 19.7 Å². The van der Waals surface area contributed by atoms with Crippen molar-refractivity contribution in [2.45, 2.75) is 25.2 Å². The zero-order chi connectivity index (χ0) is 12.5. The van der Waals surface area contributed by atoms with E-state index in [2.05, 4.69) is 10.4 Å². The van der Waals surface area contributed by atoms with E-state index >= 15 is 0 Å². The van der Waals surface area contributed by atoms with Gasteiger partial charge < -0.3 is 10.1 Å². The number of halogens is 3. The maximum atomic E-state index is 13.2. The molecule has 1 unspecified atom stereocenters. The maximum absolute atomic E-state index is 13.2. The molecule has 1 N–H and O–H groups in total. The third-order valence-corrected chi connectivity index (χ3v) is 2.88. The summed E-state index contributed by atoms with van der Waals surface area (Å²) in [5.74, 6) is 0. The summed E-state index contributed by atoms with van der Waals surface area (Å²) in [6.07, 6.45) is -1.84. The molecule has 0 spiro atoms. The van der Waals surface area contributed by atoms with Crippen LogP contribution in [-0.4, -0.2) is 35.7 Å². The first kappa shape index (κ1) is 12.4. The summed E-state index contributed by atoms with van der Waals surface area (Å²) < 4.78 is 46.1. The van der Waals surface area contributed by atoms with Crippen molar-refractivity contribution in [2.24, 2.45) is 0 Å². The Morgan fingerprint density at radius 3 is 2.82 bits per heavy atom. The molecule has 0 aliphatic carbocycles. The summed E-state index contributed by atoms with van der Waals surface area (Å²) in [6, 6.07) is 0. The zero-order valence-electron chi connectivity index (χ0n) is 9.42. The van der Waals surface area contributed by atoms with E-state index in [1.165, 1.54) is 17.1 Å². The van der Waals surface area contributed by atoms with Crippen LogP contribution in [0.4, 0.5) is 13.2 Å². The highest BCUT2D eigenvalue weighted by Gasteiger charge is 2.58. The third-order valence-electron chi connectivity index (χ3n) is 2.88. The van der Waals surface area contributed by atoms with Gasteiger partial charge in [-0.1, -0.05) is 0 Å². The molecule has 0 amide bonds. The number of nitrogens with zero attached hydrogens (tertiary/aromatic N) is 2. The number of hydrogen-bond donors (Lipinski definition) is 1. The van der Waals surface area contributed by atoms with Crippen molar-refractivity contribution < 1.29 is 17.9 Å². The standard InChI is InChI=1S/C10H14F3N3O/c1-2-16-6-8(5-15-16)9(10(11,12)13)7-14-3-4-17-9/h5-6,14H,2-4,7H2,1H3. The summed E-state index contributed by atoms with van der Waals surface area (Å²) in [7, 11) is 0. The average molecular weight is 249 g/mol. The van der Waals surface area contributed by atoms with Gasteiger partial charge in [0.25, 0.3) is 0 Å². The van der Waals surface area contributed by atoms with E-state index in [0.29, 0.717) is 13.1 Å². The predicted octanol–water partition coefficient (Wildman–Crippen LogP) is 1.28. The zero-order valence-corrected chi connectivity index (χ0v) is 9.42. The summed E-state index contributed by atoms with van der Waals surface area (Å²) in [5.41, 5.74) is -2.21. The molecule has 1 aliphatic rings. The molecular formula is C10H14F3N3O. The molecular weight excluding hydrogens is 235 g/mol. The summed E-state index contributed by atoms with van der Waals surface area (Å²) >= 11 is 0. The molecule has 96 valence electrons. The Balaban J connectivity index is 2.39. The Morgan fingerprint density at radius 2 is 2.35 bits per heavy atom. The van der Waals surface area contributed by atoms with Crippen LogP contribution in [0.25, 0.3) is 0 Å². The highest BCUT2D eigenvalue weighted by atomic mass is 19.4.